The Kier molecular flexibility index (Phi) is 19.0. The van der Waals surface area contributed by atoms with E-state index < -0.39 is 29.9 Å². The van der Waals surface area contributed by atoms with Crippen LogP contribution in [0.4, 0.5) is 0 Å². The summed E-state index contributed by atoms with van der Waals surface area (Å²) in [5.41, 5.74) is 6.28. The van der Waals surface area contributed by atoms with Crippen molar-refractivity contribution in [1.82, 2.24) is 5.32 Å². The minimum atomic E-state index is -0.807. The average Bonchev–Trinajstić information content (AvgIpc) is 3.13. The quantitative estimate of drug-likeness (QED) is 0.185. The molecule has 4 heterocycles. The van der Waals surface area contributed by atoms with Gasteiger partial charge in [-0.15, -0.1) is 0 Å². The van der Waals surface area contributed by atoms with Crippen molar-refractivity contribution in [2.45, 2.75) is 168 Å². The van der Waals surface area contributed by atoms with Gasteiger partial charge in [0.1, 0.15) is 12.3 Å². The van der Waals surface area contributed by atoms with Crippen LogP contribution in [0.15, 0.2) is 0 Å². The van der Waals surface area contributed by atoms with Crippen LogP contribution < -0.4 is 11.1 Å². The van der Waals surface area contributed by atoms with Gasteiger partial charge in [0.2, 0.25) is 0 Å². The number of carbonyl (C=O) groups is 1. The van der Waals surface area contributed by atoms with Crippen molar-refractivity contribution in [1.29, 1.82) is 0 Å². The minimum Gasteiger partial charge on any atom is -0.462 e. The molecule has 54 heavy (non-hydrogen) atoms. The summed E-state index contributed by atoms with van der Waals surface area (Å²) in [6.07, 6.45) is 0.992. The van der Waals surface area contributed by atoms with Gasteiger partial charge in [-0.2, -0.15) is 0 Å². The monoisotopic (exact) mass is 775 g/mol. The molecule has 4 rings (SSSR count). The third kappa shape index (κ3) is 12.0. The molecular formula is C41H78N2O11. The van der Waals surface area contributed by atoms with E-state index >= 15 is 0 Å². The Morgan fingerprint density at radius 1 is 0.907 bits per heavy atom. The number of aliphatic hydroxyl groups is 1. The van der Waals surface area contributed by atoms with E-state index in [1.807, 2.05) is 6.92 Å². The molecule has 4 N–H and O–H groups in total. The highest BCUT2D eigenvalue weighted by atomic mass is 16.7. The summed E-state index contributed by atoms with van der Waals surface area (Å²) in [6, 6.07) is 0. The van der Waals surface area contributed by atoms with Gasteiger partial charge in [0.15, 0.2) is 12.6 Å². The minimum absolute atomic E-state index is 0.0107. The molecule has 0 aromatic rings. The van der Waals surface area contributed by atoms with E-state index in [2.05, 4.69) is 67.6 Å². The summed E-state index contributed by atoms with van der Waals surface area (Å²) in [4.78, 5) is 14.1. The third-order valence-corrected chi connectivity index (χ3v) is 13.0. The summed E-state index contributed by atoms with van der Waals surface area (Å²) < 4.78 is 56.6. The topological polar surface area (TPSA) is 158 Å². The molecule has 318 valence electrons. The molecule has 0 radical (unpaired) electrons. The highest BCUT2D eigenvalue weighted by molar-refractivity contribution is 5.70. The maximum Gasteiger partial charge on any atom is 0.308 e. The first-order chi connectivity index (χ1) is 25.5. The fraction of sp³-hybridized carbons (Fsp3) is 0.976. The normalized spacial score (nSPS) is 45.4. The molecule has 4 aliphatic heterocycles. The van der Waals surface area contributed by atoms with E-state index in [0.717, 1.165) is 26.4 Å². The first-order valence-corrected chi connectivity index (χ1v) is 20.6. The van der Waals surface area contributed by atoms with Crippen LogP contribution in [-0.2, 0) is 47.4 Å². The summed E-state index contributed by atoms with van der Waals surface area (Å²) in [6.45, 7) is 23.2. The number of hydrogen-bond donors (Lipinski definition) is 3. The molecule has 0 spiro atoms. The lowest BCUT2D eigenvalue weighted by molar-refractivity contribution is -0.272. The molecule has 0 amide bonds. The summed E-state index contributed by atoms with van der Waals surface area (Å²) in [5, 5.41) is 10.7. The van der Waals surface area contributed by atoms with Crippen molar-refractivity contribution < 1.29 is 52.5 Å². The zero-order valence-corrected chi connectivity index (χ0v) is 35.8. The van der Waals surface area contributed by atoms with E-state index in [1.54, 1.807) is 14.2 Å². The number of cyclic esters (lactones) is 1. The van der Waals surface area contributed by atoms with Gasteiger partial charge in [-0.25, -0.2) is 0 Å². The molecule has 0 aromatic carbocycles. The van der Waals surface area contributed by atoms with Crippen LogP contribution in [0.2, 0.25) is 0 Å². The number of hydrogen-bond acceptors (Lipinski definition) is 13. The van der Waals surface area contributed by atoms with Crippen LogP contribution in [0.3, 0.4) is 0 Å². The molecule has 0 aliphatic carbocycles. The SMILES string of the molecule is CC[C@H]1OC(=O)CC(OC2C[C@@](C)(OC)[C@@H](C)CO2)[C@H](C)[C@@H](OC2C[C@@H](C)C[C@@H](C)O2)C(C)C[C@@H](C)[C@]2(N)N[C@@H](COCCOC)OC(C1C)C2C.CO. The first kappa shape index (κ1) is 47.4. The highest BCUT2D eigenvalue weighted by Crippen LogP contribution is 2.42. The predicted octanol–water partition coefficient (Wildman–Crippen LogP) is 5.24. The molecule has 0 saturated carbocycles. The average molecular weight is 775 g/mol. The number of ether oxygens (including phenoxy) is 9. The lowest BCUT2D eigenvalue weighted by Gasteiger charge is -2.54. The van der Waals surface area contributed by atoms with E-state index in [0.29, 0.717) is 45.2 Å². The summed E-state index contributed by atoms with van der Waals surface area (Å²) in [5.74, 6) is -0.0725. The number of esters is 1. The molecule has 4 fully saturated rings. The molecule has 13 nitrogen and oxygen atoms in total. The molecule has 13 heteroatoms. The Bertz CT molecular complexity index is 1100. The smallest absolute Gasteiger partial charge is 0.308 e. The molecule has 2 bridgehead atoms. The fourth-order valence-corrected chi connectivity index (χ4v) is 9.21. The number of nitrogens with two attached hydrogens (primary N) is 1. The number of rotatable bonds is 11. The van der Waals surface area contributed by atoms with Gasteiger partial charge in [0.25, 0.3) is 0 Å². The van der Waals surface area contributed by atoms with Crippen LogP contribution >= 0.6 is 0 Å². The Morgan fingerprint density at radius 2 is 1.61 bits per heavy atom. The van der Waals surface area contributed by atoms with Crippen LogP contribution in [0, 0.1) is 41.4 Å². The Labute approximate surface area is 326 Å². The predicted molar refractivity (Wildman–Crippen MR) is 206 cm³/mol. The second kappa shape index (κ2) is 21.7. The van der Waals surface area contributed by atoms with E-state index in [4.69, 9.17) is 53.5 Å². The zero-order valence-electron chi connectivity index (χ0n) is 35.8. The van der Waals surface area contributed by atoms with Gasteiger partial charge in [0, 0.05) is 57.8 Å². The van der Waals surface area contributed by atoms with Crippen molar-refractivity contribution in [3.63, 3.8) is 0 Å². The number of aliphatic hydroxyl groups excluding tert-OH is 1. The van der Waals surface area contributed by atoms with Crippen LogP contribution in [0.1, 0.15) is 108 Å². The summed E-state index contributed by atoms with van der Waals surface area (Å²) in [7, 11) is 4.39. The lowest BCUT2D eigenvalue weighted by Crippen LogP contribution is -2.73. The van der Waals surface area contributed by atoms with Crippen molar-refractivity contribution in [3.05, 3.63) is 0 Å². The van der Waals surface area contributed by atoms with Gasteiger partial charge in [-0.1, -0.05) is 55.4 Å². The van der Waals surface area contributed by atoms with Gasteiger partial charge < -0.3 is 53.5 Å². The number of fused-ring (bicyclic) bond motifs is 2. The second-order valence-electron chi connectivity index (χ2n) is 17.1. The Hall–Kier alpha value is -0.970. The largest absolute Gasteiger partial charge is 0.462 e. The maximum atomic E-state index is 14.1. The molecule has 0 aromatic heterocycles. The van der Waals surface area contributed by atoms with Crippen LogP contribution in [0.5, 0.6) is 0 Å². The maximum absolute atomic E-state index is 14.1. The first-order valence-electron chi connectivity index (χ1n) is 20.6. The van der Waals surface area contributed by atoms with Crippen molar-refractivity contribution in [3.8, 4) is 0 Å². The Morgan fingerprint density at radius 3 is 2.24 bits per heavy atom. The standard InChI is InChI=1S/C40H74N2O10.CH4O/c1-13-31-28(7)38-30(9)40(41,42-33(51-38)22-46-15-14-44-11)25(4)18-24(3)37(52-35-17-23(2)16-27(6)48-35)29(8)32(19-34(43)49-31)50-36-20-39(10,45-12)26(5)21-47-36;1-2/h23-33,35-38,42H,13-22,41H2,1-12H3;2H,1H3/t23-,24?,25+,26-,27+,28?,29-,30?,31+,32?,33+,35?,36?,37-,38?,39+,40-;/m0./s1. The van der Waals surface area contributed by atoms with Crippen molar-refractivity contribution in [2.24, 2.45) is 47.2 Å². The van der Waals surface area contributed by atoms with E-state index in [-0.39, 0.29) is 78.6 Å². The molecule has 17 atom stereocenters. The number of nitrogens with one attached hydrogen (secondary N) is 1. The third-order valence-electron chi connectivity index (χ3n) is 13.0. The van der Waals surface area contributed by atoms with E-state index in [1.165, 1.54) is 0 Å². The molecule has 4 aliphatic rings. The van der Waals surface area contributed by atoms with Gasteiger partial charge in [0.05, 0.1) is 68.5 Å². The van der Waals surface area contributed by atoms with Crippen molar-refractivity contribution >= 4 is 5.97 Å². The second-order valence-corrected chi connectivity index (χ2v) is 17.1. The molecule has 4 saturated heterocycles. The zero-order chi connectivity index (χ0) is 40.4. The van der Waals surface area contributed by atoms with Crippen molar-refractivity contribution in [2.75, 3.05) is 47.8 Å². The number of methoxy groups -OCH3 is 2. The number of carbonyl (C=O) groups excluding carboxylic acids is 1. The van der Waals surface area contributed by atoms with Gasteiger partial charge in [-0.3, -0.25) is 10.1 Å². The van der Waals surface area contributed by atoms with Crippen LogP contribution in [-0.4, -0.2) is 119 Å². The van der Waals surface area contributed by atoms with E-state index in [9.17, 15) is 4.79 Å². The molecule has 7 unspecified atom stereocenters. The Balaban J connectivity index is 0.00000385. The fourth-order valence-electron chi connectivity index (χ4n) is 9.21. The highest BCUT2D eigenvalue weighted by Gasteiger charge is 2.52. The lowest BCUT2D eigenvalue weighted by atomic mass is 9.71. The van der Waals surface area contributed by atoms with Gasteiger partial charge in [-0.05, 0) is 50.9 Å². The van der Waals surface area contributed by atoms with Crippen LogP contribution in [0.25, 0.3) is 0 Å². The molecular weight excluding hydrogens is 696 g/mol. The summed E-state index contributed by atoms with van der Waals surface area (Å²) >= 11 is 0. The van der Waals surface area contributed by atoms with Gasteiger partial charge >= 0.3 is 5.97 Å².